The van der Waals surface area contributed by atoms with Crippen LogP contribution in [-0.2, 0) is 8.85 Å². The van der Waals surface area contributed by atoms with E-state index in [4.69, 9.17) is 8.85 Å². The maximum atomic E-state index is 6.20. The third kappa shape index (κ3) is 3.59. The topological polar surface area (TPSA) is 18.5 Å². The zero-order chi connectivity index (χ0) is 12.9. The predicted octanol–water partition coefficient (Wildman–Crippen LogP) is 4.76. The molecule has 17 heavy (non-hydrogen) atoms. The summed E-state index contributed by atoms with van der Waals surface area (Å²) in [6.07, 6.45) is 6.59. The Hall–Kier alpha value is -0.283. The Kier molecular flexibility index (Phi) is 5.73. The standard InChI is InChI=1S/C14H28O2Si/c1-6-15-17(13(4)5,16-12(2)3)14-10-8-7-9-11-14/h13-14H,2,6-11H2,1,3-5H3. The summed E-state index contributed by atoms with van der Waals surface area (Å²) in [5.74, 6) is 0.824. The van der Waals surface area contributed by atoms with Crippen molar-refractivity contribution in [3.05, 3.63) is 12.3 Å². The van der Waals surface area contributed by atoms with E-state index in [1.807, 2.05) is 6.92 Å². The van der Waals surface area contributed by atoms with E-state index in [-0.39, 0.29) is 0 Å². The van der Waals surface area contributed by atoms with E-state index in [2.05, 4.69) is 27.4 Å². The zero-order valence-corrected chi connectivity index (χ0v) is 12.9. The minimum atomic E-state index is -2.13. The van der Waals surface area contributed by atoms with E-state index in [1.54, 1.807) is 0 Å². The maximum Gasteiger partial charge on any atom is 0.404 e. The van der Waals surface area contributed by atoms with Gasteiger partial charge in [-0.2, -0.15) is 0 Å². The Balaban J connectivity index is 2.90. The van der Waals surface area contributed by atoms with Gasteiger partial charge in [0.15, 0.2) is 0 Å². The molecule has 100 valence electrons. The fraction of sp³-hybridized carbons (Fsp3) is 0.857. The minimum Gasteiger partial charge on any atom is -0.524 e. The van der Waals surface area contributed by atoms with Crippen molar-refractivity contribution >= 4 is 8.56 Å². The monoisotopic (exact) mass is 256 g/mol. The van der Waals surface area contributed by atoms with Gasteiger partial charge in [-0.25, -0.2) is 0 Å². The normalized spacial score (nSPS) is 21.2. The molecular formula is C14H28O2Si. The van der Waals surface area contributed by atoms with Crippen LogP contribution in [-0.4, -0.2) is 15.2 Å². The van der Waals surface area contributed by atoms with Crippen LogP contribution in [0.2, 0.25) is 11.1 Å². The van der Waals surface area contributed by atoms with Crippen molar-refractivity contribution in [1.82, 2.24) is 0 Å². The number of hydrogen-bond acceptors (Lipinski definition) is 2. The van der Waals surface area contributed by atoms with Crippen molar-refractivity contribution in [3.63, 3.8) is 0 Å². The summed E-state index contributed by atoms with van der Waals surface area (Å²) in [7, 11) is -2.13. The molecule has 0 heterocycles. The molecule has 1 unspecified atom stereocenters. The highest BCUT2D eigenvalue weighted by Gasteiger charge is 2.50. The first kappa shape index (κ1) is 14.8. The van der Waals surface area contributed by atoms with Crippen molar-refractivity contribution in [2.24, 2.45) is 0 Å². The van der Waals surface area contributed by atoms with Gasteiger partial charge in [0.05, 0.1) is 5.76 Å². The first-order valence-corrected chi connectivity index (χ1v) is 8.98. The van der Waals surface area contributed by atoms with E-state index in [9.17, 15) is 0 Å². The SMILES string of the molecule is C=C(C)O[Si](OCC)(C(C)C)C1CCCCC1. The van der Waals surface area contributed by atoms with Crippen LogP contribution in [0, 0.1) is 0 Å². The van der Waals surface area contributed by atoms with Crippen molar-refractivity contribution in [1.29, 1.82) is 0 Å². The van der Waals surface area contributed by atoms with Gasteiger partial charge in [-0.3, -0.25) is 0 Å². The molecule has 0 N–H and O–H groups in total. The van der Waals surface area contributed by atoms with Crippen LogP contribution in [0.1, 0.15) is 59.8 Å². The zero-order valence-electron chi connectivity index (χ0n) is 11.9. The van der Waals surface area contributed by atoms with Crippen molar-refractivity contribution in [3.8, 4) is 0 Å². The van der Waals surface area contributed by atoms with Gasteiger partial charge in [0, 0.05) is 17.7 Å². The molecule has 0 spiro atoms. The average Bonchev–Trinajstić information content (AvgIpc) is 2.28. The summed E-state index contributed by atoms with van der Waals surface area (Å²) in [4.78, 5) is 0. The second-order valence-corrected chi connectivity index (χ2v) is 9.35. The fourth-order valence-corrected chi connectivity index (χ4v) is 7.17. The van der Waals surface area contributed by atoms with Crippen molar-refractivity contribution in [2.45, 2.75) is 70.9 Å². The predicted molar refractivity (Wildman–Crippen MR) is 75.2 cm³/mol. The maximum absolute atomic E-state index is 6.20. The third-order valence-corrected chi connectivity index (χ3v) is 8.41. The van der Waals surface area contributed by atoms with Gasteiger partial charge in [-0.15, -0.1) is 0 Å². The third-order valence-electron chi connectivity index (χ3n) is 3.68. The molecule has 0 saturated heterocycles. The van der Waals surface area contributed by atoms with Crippen LogP contribution in [0.4, 0.5) is 0 Å². The molecule has 0 aromatic rings. The lowest BCUT2D eigenvalue weighted by molar-refractivity contribution is 0.186. The van der Waals surface area contributed by atoms with Gasteiger partial charge in [-0.1, -0.05) is 39.7 Å². The molecule has 3 heteroatoms. The lowest BCUT2D eigenvalue weighted by Crippen LogP contribution is -2.50. The molecule has 1 rings (SSSR count). The average molecular weight is 256 g/mol. The summed E-state index contributed by atoms with van der Waals surface area (Å²) in [6, 6.07) is 0. The van der Waals surface area contributed by atoms with Crippen LogP contribution >= 0.6 is 0 Å². The second-order valence-electron chi connectivity index (χ2n) is 5.45. The van der Waals surface area contributed by atoms with Crippen molar-refractivity contribution in [2.75, 3.05) is 6.61 Å². The molecule has 0 aromatic heterocycles. The van der Waals surface area contributed by atoms with E-state index in [0.717, 1.165) is 12.4 Å². The van der Waals surface area contributed by atoms with E-state index >= 15 is 0 Å². The summed E-state index contributed by atoms with van der Waals surface area (Å²) in [6.45, 7) is 13.2. The first-order chi connectivity index (χ1) is 8.03. The Labute approximate surface area is 108 Å². The molecule has 0 bridgehead atoms. The Bertz CT molecular complexity index is 247. The lowest BCUT2D eigenvalue weighted by atomic mass is 10.0. The minimum absolute atomic E-state index is 0.488. The quantitative estimate of drug-likeness (QED) is 0.504. The highest BCUT2D eigenvalue weighted by atomic mass is 28.4. The van der Waals surface area contributed by atoms with Gasteiger partial charge in [0.25, 0.3) is 0 Å². The summed E-state index contributed by atoms with van der Waals surface area (Å²) < 4.78 is 12.4. The molecule has 1 aliphatic carbocycles. The highest BCUT2D eigenvalue weighted by molar-refractivity contribution is 6.70. The van der Waals surface area contributed by atoms with Gasteiger partial charge >= 0.3 is 8.56 Å². The Morgan fingerprint density at radius 3 is 2.29 bits per heavy atom. The largest absolute Gasteiger partial charge is 0.524 e. The molecule has 0 aromatic carbocycles. The molecule has 2 nitrogen and oxygen atoms in total. The summed E-state index contributed by atoms with van der Waals surface area (Å²) in [5, 5.41) is 0. The Morgan fingerprint density at radius 1 is 1.29 bits per heavy atom. The van der Waals surface area contributed by atoms with Gasteiger partial charge in [-0.05, 0) is 26.7 Å². The number of rotatable bonds is 6. The van der Waals surface area contributed by atoms with E-state index in [0.29, 0.717) is 11.1 Å². The fourth-order valence-electron chi connectivity index (χ4n) is 2.99. The van der Waals surface area contributed by atoms with Crippen LogP contribution in [0.25, 0.3) is 0 Å². The number of allylic oxidation sites excluding steroid dienone is 1. The number of hydrogen-bond donors (Lipinski definition) is 0. The molecule has 0 amide bonds. The molecule has 1 aliphatic rings. The van der Waals surface area contributed by atoms with Crippen LogP contribution < -0.4 is 0 Å². The van der Waals surface area contributed by atoms with Crippen LogP contribution in [0.3, 0.4) is 0 Å². The molecule has 0 radical (unpaired) electrons. The lowest BCUT2D eigenvalue weighted by Gasteiger charge is -2.41. The Morgan fingerprint density at radius 2 is 1.88 bits per heavy atom. The van der Waals surface area contributed by atoms with E-state index in [1.165, 1.54) is 32.1 Å². The van der Waals surface area contributed by atoms with Gasteiger partial charge in [0.2, 0.25) is 0 Å². The first-order valence-electron chi connectivity index (χ1n) is 7.01. The molecule has 1 atom stereocenters. The summed E-state index contributed by atoms with van der Waals surface area (Å²) in [5.41, 5.74) is 1.13. The molecule has 0 aliphatic heterocycles. The smallest absolute Gasteiger partial charge is 0.404 e. The summed E-state index contributed by atoms with van der Waals surface area (Å²) >= 11 is 0. The second kappa shape index (κ2) is 6.60. The molecular weight excluding hydrogens is 228 g/mol. The highest BCUT2D eigenvalue weighted by Crippen LogP contribution is 2.44. The van der Waals surface area contributed by atoms with Crippen molar-refractivity contribution < 1.29 is 8.85 Å². The van der Waals surface area contributed by atoms with E-state index < -0.39 is 8.56 Å². The molecule has 1 fully saturated rings. The molecule has 1 saturated carbocycles. The van der Waals surface area contributed by atoms with Gasteiger partial charge in [0.1, 0.15) is 0 Å². The van der Waals surface area contributed by atoms with Crippen LogP contribution in [0.15, 0.2) is 12.3 Å². The van der Waals surface area contributed by atoms with Crippen LogP contribution in [0.5, 0.6) is 0 Å². The van der Waals surface area contributed by atoms with Gasteiger partial charge < -0.3 is 8.85 Å².